The number of hydroxylamine groups is 2. The second-order valence-electron chi connectivity index (χ2n) is 4.45. The largest absolute Gasteiger partial charge is 0.387 e. The summed E-state index contributed by atoms with van der Waals surface area (Å²) in [5.41, 5.74) is 6.85. The van der Waals surface area contributed by atoms with Gasteiger partial charge in [-0.15, -0.1) is 16.4 Å². The van der Waals surface area contributed by atoms with E-state index < -0.39 is 0 Å². The van der Waals surface area contributed by atoms with E-state index in [9.17, 15) is 0 Å². The second-order valence-corrected chi connectivity index (χ2v) is 6.64. The van der Waals surface area contributed by atoms with E-state index in [1.54, 1.807) is 0 Å². The lowest BCUT2D eigenvalue weighted by molar-refractivity contribution is -0.127. The zero-order valence-corrected chi connectivity index (χ0v) is 12.8. The van der Waals surface area contributed by atoms with Crippen molar-refractivity contribution in [2.24, 2.45) is 5.73 Å². The third-order valence-electron chi connectivity index (χ3n) is 2.97. The first-order valence-corrected chi connectivity index (χ1v) is 7.60. The maximum atomic E-state index is 6.00. The molecule has 20 heavy (non-hydrogen) atoms. The highest BCUT2D eigenvalue weighted by Crippen LogP contribution is 2.36. The van der Waals surface area contributed by atoms with Crippen LogP contribution in [0.1, 0.15) is 16.5 Å². The van der Waals surface area contributed by atoms with Crippen LogP contribution in [0.2, 0.25) is 9.36 Å². The number of benzene rings is 1. The maximum Gasteiger partial charge on any atom is 0.207 e. The van der Waals surface area contributed by atoms with Crippen molar-refractivity contribution in [3.63, 3.8) is 0 Å². The maximum absolute atomic E-state index is 6.00. The minimum atomic E-state index is -0.0218. The van der Waals surface area contributed by atoms with Crippen LogP contribution in [0.3, 0.4) is 0 Å². The zero-order chi connectivity index (χ0) is 14.1. The summed E-state index contributed by atoms with van der Waals surface area (Å²) in [4.78, 5) is 6.67. The molecule has 2 N–H and O–H groups in total. The van der Waals surface area contributed by atoms with E-state index in [0.29, 0.717) is 17.5 Å². The lowest BCUT2D eigenvalue weighted by atomic mass is 10.2. The fourth-order valence-corrected chi connectivity index (χ4v) is 3.47. The highest BCUT2D eigenvalue weighted by atomic mass is 35.5. The smallest absolute Gasteiger partial charge is 0.207 e. The fourth-order valence-electron chi connectivity index (χ4n) is 2.12. The molecule has 1 aliphatic heterocycles. The molecule has 0 spiro atoms. The topological polar surface area (TPSA) is 38.5 Å². The molecule has 3 rings (SSSR count). The summed E-state index contributed by atoms with van der Waals surface area (Å²) in [6.45, 7) is 0.595. The zero-order valence-electron chi connectivity index (χ0n) is 10.4. The van der Waals surface area contributed by atoms with Gasteiger partial charge in [-0.25, -0.2) is 0 Å². The van der Waals surface area contributed by atoms with E-state index in [2.05, 4.69) is 0 Å². The van der Waals surface area contributed by atoms with Crippen molar-refractivity contribution in [1.29, 1.82) is 0 Å². The van der Waals surface area contributed by atoms with Crippen molar-refractivity contribution in [2.75, 3.05) is 0 Å². The lowest BCUT2D eigenvalue weighted by Crippen LogP contribution is -2.22. The summed E-state index contributed by atoms with van der Waals surface area (Å²) in [6.07, 6.45) is 1.88. The van der Waals surface area contributed by atoms with Crippen LogP contribution in [-0.4, -0.2) is 5.06 Å². The normalized spacial score (nSPS) is 18.9. The van der Waals surface area contributed by atoms with Crippen LogP contribution in [0.4, 0.5) is 0 Å². The Bertz CT molecular complexity index is 656. The molecule has 0 fully saturated rings. The van der Waals surface area contributed by atoms with Gasteiger partial charge >= 0.3 is 0 Å². The molecule has 1 unspecified atom stereocenters. The average molecular weight is 327 g/mol. The minimum absolute atomic E-state index is 0.0218. The van der Waals surface area contributed by atoms with Crippen molar-refractivity contribution in [3.8, 4) is 0 Å². The molecule has 1 aromatic heterocycles. The van der Waals surface area contributed by atoms with Crippen LogP contribution >= 0.6 is 34.5 Å². The van der Waals surface area contributed by atoms with E-state index in [-0.39, 0.29) is 6.04 Å². The highest BCUT2D eigenvalue weighted by molar-refractivity contribution is 7.16. The molecule has 0 saturated carbocycles. The Morgan fingerprint density at radius 3 is 2.80 bits per heavy atom. The number of nitrogens with zero attached hydrogens (tertiary/aromatic N) is 1. The number of nitrogens with two attached hydrogens (primary N) is 1. The van der Waals surface area contributed by atoms with Crippen LogP contribution in [0.15, 0.2) is 48.4 Å². The van der Waals surface area contributed by atoms with Crippen LogP contribution in [0.25, 0.3) is 0 Å². The number of thiophene rings is 1. The van der Waals surface area contributed by atoms with Gasteiger partial charge in [0.05, 0.1) is 10.9 Å². The molecule has 0 amide bonds. The standard InChI is InChI=1S/C14H12Cl2N2OS/c15-10-3-1-2-9(6-10)8-18-11(7-14(17)19-18)12-4-5-13(16)20-12/h1-7,11H,8,17H2. The number of hydrogen-bond donors (Lipinski definition) is 1. The lowest BCUT2D eigenvalue weighted by Gasteiger charge is -2.21. The van der Waals surface area contributed by atoms with Gasteiger partial charge < -0.3 is 10.6 Å². The predicted octanol–water partition coefficient (Wildman–Crippen LogP) is 4.34. The summed E-state index contributed by atoms with van der Waals surface area (Å²) in [5.74, 6) is 0.404. The first-order valence-electron chi connectivity index (χ1n) is 6.03. The Morgan fingerprint density at radius 2 is 2.10 bits per heavy atom. The summed E-state index contributed by atoms with van der Waals surface area (Å²) < 4.78 is 0.751. The van der Waals surface area contributed by atoms with Gasteiger partial charge in [0.25, 0.3) is 0 Å². The van der Waals surface area contributed by atoms with Gasteiger partial charge in [-0.2, -0.15) is 0 Å². The summed E-state index contributed by atoms with van der Waals surface area (Å²) >= 11 is 13.5. The van der Waals surface area contributed by atoms with Gasteiger partial charge in [-0.05, 0) is 29.8 Å². The summed E-state index contributed by atoms with van der Waals surface area (Å²) in [5, 5.41) is 2.53. The average Bonchev–Trinajstić information content (AvgIpc) is 2.96. The molecule has 2 heterocycles. The van der Waals surface area contributed by atoms with Crippen LogP contribution < -0.4 is 5.73 Å². The molecule has 104 valence electrons. The summed E-state index contributed by atoms with van der Waals surface area (Å²) in [6, 6.07) is 11.5. The first kappa shape index (κ1) is 13.8. The first-order chi connectivity index (χ1) is 9.61. The molecule has 0 bridgehead atoms. The number of rotatable bonds is 3. The van der Waals surface area contributed by atoms with Crippen molar-refractivity contribution >= 4 is 34.5 Å². The Morgan fingerprint density at radius 1 is 1.25 bits per heavy atom. The Balaban J connectivity index is 1.82. The third-order valence-corrected chi connectivity index (χ3v) is 4.50. The molecule has 1 atom stereocenters. The van der Waals surface area contributed by atoms with Crippen LogP contribution in [0, 0.1) is 0 Å². The Kier molecular flexibility index (Phi) is 3.89. The van der Waals surface area contributed by atoms with Crippen molar-refractivity contribution in [3.05, 3.63) is 68.2 Å². The van der Waals surface area contributed by atoms with E-state index >= 15 is 0 Å². The molecular weight excluding hydrogens is 315 g/mol. The third kappa shape index (κ3) is 2.94. The molecule has 0 saturated heterocycles. The fraction of sp³-hybridized carbons (Fsp3) is 0.143. The molecule has 0 aliphatic carbocycles. The van der Waals surface area contributed by atoms with Gasteiger partial charge in [0, 0.05) is 16.0 Å². The molecule has 3 nitrogen and oxygen atoms in total. The van der Waals surface area contributed by atoms with Crippen molar-refractivity contribution < 1.29 is 4.84 Å². The minimum Gasteiger partial charge on any atom is -0.387 e. The van der Waals surface area contributed by atoms with Gasteiger partial charge in [0.2, 0.25) is 5.88 Å². The van der Waals surface area contributed by atoms with E-state index in [0.717, 1.165) is 14.8 Å². The Hall–Kier alpha value is -1.20. The van der Waals surface area contributed by atoms with E-state index in [1.807, 2.05) is 47.5 Å². The molecule has 1 aliphatic rings. The van der Waals surface area contributed by atoms with Crippen LogP contribution in [0.5, 0.6) is 0 Å². The number of hydrogen-bond acceptors (Lipinski definition) is 4. The molecule has 0 radical (unpaired) electrons. The highest BCUT2D eigenvalue weighted by Gasteiger charge is 2.28. The second kappa shape index (κ2) is 5.66. The van der Waals surface area contributed by atoms with Gasteiger partial charge in [0.15, 0.2) is 0 Å². The van der Waals surface area contributed by atoms with Crippen LogP contribution in [-0.2, 0) is 11.4 Å². The van der Waals surface area contributed by atoms with E-state index in [1.165, 1.54) is 11.3 Å². The van der Waals surface area contributed by atoms with Gasteiger partial charge in [-0.1, -0.05) is 35.3 Å². The number of halogens is 2. The van der Waals surface area contributed by atoms with Crippen molar-refractivity contribution in [2.45, 2.75) is 12.6 Å². The van der Waals surface area contributed by atoms with Gasteiger partial charge in [-0.3, -0.25) is 0 Å². The molecule has 1 aromatic carbocycles. The van der Waals surface area contributed by atoms with Gasteiger partial charge in [0.1, 0.15) is 6.04 Å². The predicted molar refractivity (Wildman–Crippen MR) is 82.4 cm³/mol. The Labute approximate surface area is 131 Å². The summed E-state index contributed by atoms with van der Waals surface area (Å²) in [7, 11) is 0. The molecule has 6 heteroatoms. The molecular formula is C14H12Cl2N2OS. The monoisotopic (exact) mass is 326 g/mol. The van der Waals surface area contributed by atoms with E-state index in [4.69, 9.17) is 33.8 Å². The van der Waals surface area contributed by atoms with Crippen molar-refractivity contribution in [1.82, 2.24) is 5.06 Å². The quantitative estimate of drug-likeness (QED) is 0.911. The molecule has 2 aromatic rings. The SMILES string of the molecule is NC1=CC(c2ccc(Cl)s2)N(Cc2cccc(Cl)c2)O1.